The van der Waals surface area contributed by atoms with Crippen molar-refractivity contribution in [2.45, 2.75) is 72.6 Å². The van der Waals surface area contributed by atoms with Gasteiger partial charge in [0.1, 0.15) is 0 Å². The van der Waals surface area contributed by atoms with E-state index in [0.29, 0.717) is 5.92 Å². The fraction of sp³-hybridized carbons (Fsp3) is 0.812. The summed E-state index contributed by atoms with van der Waals surface area (Å²) in [6, 6.07) is 0. The van der Waals surface area contributed by atoms with Crippen LogP contribution >= 0.6 is 0 Å². The molecule has 0 spiro atoms. The van der Waals surface area contributed by atoms with Gasteiger partial charge >= 0.3 is 0 Å². The van der Waals surface area contributed by atoms with Crippen LogP contribution in [-0.2, 0) is 0 Å². The van der Waals surface area contributed by atoms with Gasteiger partial charge in [-0.3, -0.25) is 0 Å². The average molecular weight is 222 g/mol. The van der Waals surface area contributed by atoms with Gasteiger partial charge in [-0.05, 0) is 37.3 Å². The van der Waals surface area contributed by atoms with Gasteiger partial charge in [-0.1, -0.05) is 59.3 Å². The molecule has 16 heavy (non-hydrogen) atoms. The molecule has 0 saturated carbocycles. The van der Waals surface area contributed by atoms with Crippen molar-refractivity contribution in [3.63, 3.8) is 0 Å². The maximum Gasteiger partial charge on any atom is -0.0183 e. The Hall–Kier alpha value is -0.480. The van der Waals surface area contributed by atoms with Gasteiger partial charge < -0.3 is 0 Å². The lowest BCUT2D eigenvalue weighted by Crippen LogP contribution is -2.00. The Morgan fingerprint density at radius 1 is 1.06 bits per heavy atom. The summed E-state index contributed by atoms with van der Waals surface area (Å²) < 4.78 is 0. The molecule has 0 nitrogen and oxygen atoms in total. The van der Waals surface area contributed by atoms with Gasteiger partial charge in [0, 0.05) is 0 Å². The average Bonchev–Trinajstić information content (AvgIpc) is 2.26. The lowest BCUT2D eigenvalue weighted by molar-refractivity contribution is 0.417. The fourth-order valence-corrected chi connectivity index (χ4v) is 2.18. The van der Waals surface area contributed by atoms with Crippen LogP contribution in [0.15, 0.2) is 17.9 Å². The molecule has 0 aromatic rings. The van der Waals surface area contributed by atoms with Gasteiger partial charge in [0.15, 0.2) is 0 Å². The van der Waals surface area contributed by atoms with E-state index < -0.39 is 0 Å². The molecule has 0 aromatic carbocycles. The third kappa shape index (κ3) is 10.1. The van der Waals surface area contributed by atoms with E-state index in [4.69, 9.17) is 0 Å². The van der Waals surface area contributed by atoms with Crippen LogP contribution in [0.3, 0.4) is 0 Å². The van der Waals surface area contributed by atoms with E-state index in [2.05, 4.69) is 32.6 Å². The molecule has 0 aromatic heterocycles. The Bertz CT molecular complexity index is 196. The van der Waals surface area contributed by atoms with Crippen molar-refractivity contribution >= 4 is 0 Å². The maximum absolute atomic E-state index is 3.19. The molecule has 0 fully saturated rings. The van der Waals surface area contributed by atoms with Gasteiger partial charge in [-0.15, -0.1) is 5.73 Å². The van der Waals surface area contributed by atoms with Gasteiger partial charge in [0.2, 0.25) is 0 Å². The normalized spacial score (nSPS) is 14.0. The standard InChI is InChI=1S/C16H30/c1-5-7-9-10-11-13-16(4)14-15(3)12-8-6-2/h6,12,15-16H,5,7,9-11,13-14H2,1-4H3. The Labute approximate surface area is 103 Å². The molecule has 2 unspecified atom stereocenters. The molecule has 0 heteroatoms. The van der Waals surface area contributed by atoms with Crippen LogP contribution in [-0.4, -0.2) is 0 Å². The first-order chi connectivity index (χ1) is 7.70. The summed E-state index contributed by atoms with van der Waals surface area (Å²) in [4.78, 5) is 0. The van der Waals surface area contributed by atoms with E-state index in [0.717, 1.165) is 5.92 Å². The van der Waals surface area contributed by atoms with Crippen LogP contribution < -0.4 is 0 Å². The van der Waals surface area contributed by atoms with Crippen LogP contribution in [0.4, 0.5) is 0 Å². The third-order valence-corrected chi connectivity index (χ3v) is 3.12. The highest BCUT2D eigenvalue weighted by Gasteiger charge is 2.05. The Kier molecular flexibility index (Phi) is 10.7. The molecule has 0 aliphatic heterocycles. The van der Waals surface area contributed by atoms with Gasteiger partial charge in [-0.2, -0.15) is 0 Å². The lowest BCUT2D eigenvalue weighted by atomic mass is 9.92. The summed E-state index contributed by atoms with van der Waals surface area (Å²) >= 11 is 0. The van der Waals surface area contributed by atoms with Crippen LogP contribution in [0.5, 0.6) is 0 Å². The molecule has 0 amide bonds. The molecule has 0 saturated heterocycles. The molecular formula is C16H30. The number of allylic oxidation sites excluding steroid dienone is 1. The van der Waals surface area contributed by atoms with Crippen molar-refractivity contribution < 1.29 is 0 Å². The number of unbranched alkanes of at least 4 members (excludes halogenated alkanes) is 4. The molecule has 0 heterocycles. The number of hydrogen-bond donors (Lipinski definition) is 0. The van der Waals surface area contributed by atoms with Crippen LogP contribution in [0.2, 0.25) is 0 Å². The fourth-order valence-electron chi connectivity index (χ4n) is 2.18. The zero-order valence-corrected chi connectivity index (χ0v) is 11.8. The van der Waals surface area contributed by atoms with Crippen molar-refractivity contribution in [2.75, 3.05) is 0 Å². The Balaban J connectivity index is 3.50. The highest BCUT2D eigenvalue weighted by atomic mass is 14.1. The van der Waals surface area contributed by atoms with Gasteiger partial charge in [0.05, 0.1) is 0 Å². The summed E-state index contributed by atoms with van der Waals surface area (Å²) in [5.41, 5.74) is 3.19. The van der Waals surface area contributed by atoms with Gasteiger partial charge in [0.25, 0.3) is 0 Å². The third-order valence-electron chi connectivity index (χ3n) is 3.12. The van der Waals surface area contributed by atoms with Crippen molar-refractivity contribution in [1.29, 1.82) is 0 Å². The first kappa shape index (κ1) is 15.5. The Morgan fingerprint density at radius 3 is 2.38 bits per heavy atom. The van der Waals surface area contributed by atoms with E-state index in [1.165, 1.54) is 44.9 Å². The van der Waals surface area contributed by atoms with Crippen LogP contribution in [0, 0.1) is 11.8 Å². The lowest BCUT2D eigenvalue weighted by Gasteiger charge is -2.13. The minimum Gasteiger partial charge on any atom is -0.130 e. The van der Waals surface area contributed by atoms with Crippen molar-refractivity contribution in [3.8, 4) is 0 Å². The molecule has 2 atom stereocenters. The van der Waals surface area contributed by atoms with E-state index in [1.807, 2.05) is 13.0 Å². The quantitative estimate of drug-likeness (QED) is 0.345. The first-order valence-corrected chi connectivity index (χ1v) is 7.07. The van der Waals surface area contributed by atoms with Crippen molar-refractivity contribution in [2.24, 2.45) is 11.8 Å². The highest BCUT2D eigenvalue weighted by molar-refractivity contribution is 4.86. The predicted molar refractivity (Wildman–Crippen MR) is 74.6 cm³/mol. The SMILES string of the molecule is CC=C=CC(C)CC(C)CCCCCCC. The monoisotopic (exact) mass is 222 g/mol. The minimum atomic E-state index is 0.682. The van der Waals surface area contributed by atoms with Crippen LogP contribution in [0.25, 0.3) is 0 Å². The van der Waals surface area contributed by atoms with Gasteiger partial charge in [-0.25, -0.2) is 0 Å². The largest absolute Gasteiger partial charge is 0.130 e. The van der Waals surface area contributed by atoms with E-state index in [-0.39, 0.29) is 0 Å². The summed E-state index contributed by atoms with van der Waals surface area (Å²) in [5, 5.41) is 0. The van der Waals surface area contributed by atoms with E-state index >= 15 is 0 Å². The molecule has 0 aliphatic carbocycles. The molecule has 0 radical (unpaired) electrons. The minimum absolute atomic E-state index is 0.682. The molecule has 0 N–H and O–H groups in total. The number of hydrogen-bond acceptors (Lipinski definition) is 0. The second-order valence-electron chi connectivity index (χ2n) is 5.14. The second kappa shape index (κ2) is 11.0. The highest BCUT2D eigenvalue weighted by Crippen LogP contribution is 2.19. The van der Waals surface area contributed by atoms with Crippen molar-refractivity contribution in [3.05, 3.63) is 17.9 Å². The second-order valence-corrected chi connectivity index (χ2v) is 5.14. The summed E-state index contributed by atoms with van der Waals surface area (Å²) in [5.74, 6) is 1.55. The predicted octanol–water partition coefficient (Wildman–Crippen LogP) is 5.74. The molecule has 0 bridgehead atoms. The molecule has 94 valence electrons. The molecule has 0 rings (SSSR count). The number of rotatable bonds is 9. The smallest absolute Gasteiger partial charge is 0.0183 e. The topological polar surface area (TPSA) is 0 Å². The molecular weight excluding hydrogens is 192 g/mol. The zero-order valence-electron chi connectivity index (χ0n) is 11.8. The molecule has 0 aliphatic rings. The first-order valence-electron chi connectivity index (χ1n) is 7.07. The Morgan fingerprint density at radius 2 is 1.75 bits per heavy atom. The summed E-state index contributed by atoms with van der Waals surface area (Å²) in [6.07, 6.45) is 13.9. The van der Waals surface area contributed by atoms with E-state index in [1.54, 1.807) is 0 Å². The van der Waals surface area contributed by atoms with Crippen molar-refractivity contribution in [1.82, 2.24) is 0 Å². The maximum atomic E-state index is 3.19. The summed E-state index contributed by atoms with van der Waals surface area (Å²) in [6.45, 7) is 8.99. The van der Waals surface area contributed by atoms with Crippen LogP contribution in [0.1, 0.15) is 72.6 Å². The summed E-state index contributed by atoms with van der Waals surface area (Å²) in [7, 11) is 0. The van der Waals surface area contributed by atoms with E-state index in [9.17, 15) is 0 Å². The zero-order chi connectivity index (χ0) is 12.2.